The summed E-state index contributed by atoms with van der Waals surface area (Å²) < 4.78 is 52.7. The van der Waals surface area contributed by atoms with Gasteiger partial charge in [0.1, 0.15) is 0 Å². The molecule has 0 amide bonds. The van der Waals surface area contributed by atoms with Crippen molar-refractivity contribution in [1.82, 2.24) is 0 Å². The minimum Gasteiger partial charge on any atom is -0.412 e. The second-order valence-corrected chi connectivity index (χ2v) is 15.3. The van der Waals surface area contributed by atoms with Gasteiger partial charge >= 0.3 is 0 Å². The molecular formula is C18H30FNO4SSi. The fourth-order valence-electron chi connectivity index (χ4n) is 2.65. The molecule has 1 saturated heterocycles. The smallest absolute Gasteiger partial charge is 0.267 e. The van der Waals surface area contributed by atoms with E-state index >= 15 is 0 Å². The molecule has 5 nitrogen and oxygen atoms in total. The fourth-order valence-corrected chi connectivity index (χ4v) is 4.25. The number of nitrogens with zero attached hydrogens (tertiary/aromatic N) is 1. The predicted octanol–water partition coefficient (Wildman–Crippen LogP) is 4.06. The molecule has 1 aliphatic rings. The van der Waals surface area contributed by atoms with Gasteiger partial charge in [-0.1, -0.05) is 32.9 Å². The third-order valence-electron chi connectivity index (χ3n) is 5.84. The van der Waals surface area contributed by atoms with E-state index in [0.717, 1.165) is 0 Å². The molecule has 26 heavy (non-hydrogen) atoms. The number of anilines is 1. The Bertz CT molecular complexity index is 755. The van der Waals surface area contributed by atoms with Gasteiger partial charge in [-0.3, -0.25) is 4.55 Å². The minimum atomic E-state index is -4.06. The van der Waals surface area contributed by atoms with Crippen LogP contribution in [-0.4, -0.2) is 39.6 Å². The summed E-state index contributed by atoms with van der Waals surface area (Å²) in [7, 11) is -6.03. The second-order valence-electron chi connectivity index (χ2n) is 8.68. The summed E-state index contributed by atoms with van der Waals surface area (Å²) in [5, 5.41) is -0.788. The van der Waals surface area contributed by atoms with Crippen LogP contribution < -0.4 is 4.90 Å². The predicted molar refractivity (Wildman–Crippen MR) is 105 cm³/mol. The van der Waals surface area contributed by atoms with Crippen LogP contribution in [0.25, 0.3) is 0 Å². The zero-order valence-electron chi connectivity index (χ0n) is 16.4. The average molecular weight is 404 g/mol. The fraction of sp³-hybridized carbons (Fsp3) is 0.667. The highest BCUT2D eigenvalue weighted by Gasteiger charge is 2.39. The highest BCUT2D eigenvalue weighted by Crippen LogP contribution is 2.38. The van der Waals surface area contributed by atoms with Crippen LogP contribution in [0, 0.1) is 11.7 Å². The van der Waals surface area contributed by atoms with Crippen LogP contribution in [0.1, 0.15) is 33.3 Å². The number of hydrogen-bond acceptors (Lipinski definition) is 4. The molecule has 0 aromatic heterocycles. The van der Waals surface area contributed by atoms with Crippen molar-refractivity contribution in [3.63, 3.8) is 0 Å². The molecule has 8 heteroatoms. The van der Waals surface area contributed by atoms with Crippen molar-refractivity contribution < 1.29 is 21.8 Å². The Hall–Kier alpha value is -0.963. The zero-order chi connectivity index (χ0) is 19.9. The molecule has 1 fully saturated rings. The SMILES string of the molecule is CC(C1CN(c2cccc(CO[Si](C)(C)C(C)(C)C)c2F)C1)S(=O)(=O)O. The van der Waals surface area contributed by atoms with Crippen LogP contribution in [0.15, 0.2) is 18.2 Å². The summed E-state index contributed by atoms with van der Waals surface area (Å²) in [6.07, 6.45) is 0. The van der Waals surface area contributed by atoms with Gasteiger partial charge < -0.3 is 9.33 Å². The van der Waals surface area contributed by atoms with Crippen molar-refractivity contribution in [2.24, 2.45) is 5.92 Å². The molecular weight excluding hydrogens is 373 g/mol. The first kappa shape index (κ1) is 21.3. The summed E-state index contributed by atoms with van der Waals surface area (Å²) in [4.78, 5) is 1.80. The first-order chi connectivity index (χ1) is 11.7. The average Bonchev–Trinajstić information content (AvgIpc) is 2.43. The van der Waals surface area contributed by atoms with Crippen LogP contribution >= 0.6 is 0 Å². The molecule has 1 atom stereocenters. The molecule has 0 saturated carbocycles. The van der Waals surface area contributed by atoms with E-state index in [2.05, 4.69) is 33.9 Å². The molecule has 0 aliphatic carbocycles. The van der Waals surface area contributed by atoms with Crippen molar-refractivity contribution in [3.05, 3.63) is 29.6 Å². The summed E-state index contributed by atoms with van der Waals surface area (Å²) in [6, 6.07) is 5.21. The second kappa shape index (κ2) is 7.22. The van der Waals surface area contributed by atoms with Crippen LogP contribution in [0.3, 0.4) is 0 Å². The molecule has 1 heterocycles. The number of benzene rings is 1. The van der Waals surface area contributed by atoms with Crippen LogP contribution in [0.4, 0.5) is 10.1 Å². The molecule has 2 rings (SSSR count). The van der Waals surface area contributed by atoms with Crippen molar-refractivity contribution >= 4 is 24.1 Å². The zero-order valence-corrected chi connectivity index (χ0v) is 18.2. The Morgan fingerprint density at radius 1 is 1.35 bits per heavy atom. The lowest BCUT2D eigenvalue weighted by atomic mass is 9.95. The molecule has 1 aliphatic heterocycles. The minimum absolute atomic E-state index is 0.0533. The summed E-state index contributed by atoms with van der Waals surface area (Å²) >= 11 is 0. The van der Waals surface area contributed by atoms with Gasteiger partial charge in [-0.2, -0.15) is 8.42 Å². The number of rotatable bonds is 6. The van der Waals surface area contributed by atoms with E-state index in [1.165, 1.54) is 6.92 Å². The van der Waals surface area contributed by atoms with E-state index in [4.69, 9.17) is 8.98 Å². The highest BCUT2D eigenvalue weighted by molar-refractivity contribution is 7.86. The summed E-state index contributed by atoms with van der Waals surface area (Å²) in [5.41, 5.74) is 0.971. The van der Waals surface area contributed by atoms with Gasteiger partial charge in [-0.25, -0.2) is 4.39 Å². The molecule has 148 valence electrons. The molecule has 1 N–H and O–H groups in total. The molecule has 1 aromatic carbocycles. The van der Waals surface area contributed by atoms with Gasteiger partial charge in [0.25, 0.3) is 10.1 Å². The Morgan fingerprint density at radius 2 is 1.92 bits per heavy atom. The lowest BCUT2D eigenvalue weighted by Crippen LogP contribution is -2.53. The third-order valence-corrected chi connectivity index (χ3v) is 11.6. The van der Waals surface area contributed by atoms with Gasteiger partial charge in [0.05, 0.1) is 17.5 Å². The van der Waals surface area contributed by atoms with Gasteiger partial charge in [-0.05, 0) is 31.1 Å². The maximum atomic E-state index is 14.9. The van der Waals surface area contributed by atoms with E-state index in [-0.39, 0.29) is 23.4 Å². The Kier molecular flexibility index (Phi) is 5.92. The summed E-state index contributed by atoms with van der Waals surface area (Å²) in [6.45, 7) is 13.2. The van der Waals surface area contributed by atoms with Gasteiger partial charge in [0.2, 0.25) is 0 Å². The molecule has 0 spiro atoms. The Labute approximate surface area is 157 Å². The van der Waals surface area contributed by atoms with Crippen LogP contribution in [-0.2, 0) is 21.2 Å². The van der Waals surface area contributed by atoms with Crippen molar-refractivity contribution in [3.8, 4) is 0 Å². The molecule has 0 radical (unpaired) electrons. The molecule has 1 unspecified atom stereocenters. The monoisotopic (exact) mass is 403 g/mol. The van der Waals surface area contributed by atoms with Crippen molar-refractivity contribution in [2.45, 2.75) is 57.7 Å². The standard InChI is InChI=1S/C18H30FNO4SSi/c1-13(25(21,22)23)15-10-20(11-15)16-9-7-8-14(17(16)19)12-24-26(5,6)18(2,3)4/h7-9,13,15H,10-12H2,1-6H3,(H,21,22,23). The largest absolute Gasteiger partial charge is 0.412 e. The van der Waals surface area contributed by atoms with Gasteiger partial charge in [0.15, 0.2) is 14.1 Å². The molecule has 1 aromatic rings. The van der Waals surface area contributed by atoms with Crippen LogP contribution in [0.5, 0.6) is 0 Å². The molecule has 0 bridgehead atoms. The topological polar surface area (TPSA) is 66.8 Å². The maximum Gasteiger partial charge on any atom is 0.267 e. The Balaban J connectivity index is 2.07. The van der Waals surface area contributed by atoms with E-state index in [1.807, 2.05) is 0 Å². The van der Waals surface area contributed by atoms with E-state index in [1.54, 1.807) is 23.1 Å². The first-order valence-electron chi connectivity index (χ1n) is 8.86. The van der Waals surface area contributed by atoms with E-state index < -0.39 is 23.7 Å². The van der Waals surface area contributed by atoms with Gasteiger partial charge in [-0.15, -0.1) is 0 Å². The quantitative estimate of drug-likeness (QED) is 0.573. The lowest BCUT2D eigenvalue weighted by molar-refractivity contribution is 0.271. The van der Waals surface area contributed by atoms with E-state index in [0.29, 0.717) is 24.3 Å². The van der Waals surface area contributed by atoms with Crippen LogP contribution in [0.2, 0.25) is 18.1 Å². The number of hydrogen-bond donors (Lipinski definition) is 1. The highest BCUT2D eigenvalue weighted by atomic mass is 32.2. The van der Waals surface area contributed by atoms with Crippen molar-refractivity contribution in [2.75, 3.05) is 18.0 Å². The van der Waals surface area contributed by atoms with Crippen molar-refractivity contribution in [1.29, 1.82) is 0 Å². The lowest BCUT2D eigenvalue weighted by Gasteiger charge is -2.43. The van der Waals surface area contributed by atoms with E-state index in [9.17, 15) is 12.8 Å². The summed E-state index contributed by atoms with van der Waals surface area (Å²) in [5.74, 6) is -0.513. The normalized spacial score (nSPS) is 17.9. The maximum absolute atomic E-state index is 14.9. The number of halogens is 1. The van der Waals surface area contributed by atoms with Gasteiger partial charge in [0, 0.05) is 24.6 Å². The Morgan fingerprint density at radius 3 is 2.42 bits per heavy atom. The first-order valence-corrected chi connectivity index (χ1v) is 13.3. The third kappa shape index (κ3) is 4.47.